The molecule has 0 spiro atoms. The molecule has 4 nitrogen and oxygen atoms in total. The molecule has 2 rings (SSSR count). The monoisotopic (exact) mass is 267 g/mol. The topological polar surface area (TPSA) is 57.9 Å². The van der Waals surface area contributed by atoms with Gasteiger partial charge in [0.2, 0.25) is 5.88 Å². The minimum absolute atomic E-state index is 0.250. The Bertz CT molecular complexity index is 629. The molecule has 0 aliphatic rings. The van der Waals surface area contributed by atoms with Gasteiger partial charge in [-0.3, -0.25) is 0 Å². The van der Waals surface area contributed by atoms with Gasteiger partial charge in [-0.1, -0.05) is 12.1 Å². The lowest BCUT2D eigenvalue weighted by Gasteiger charge is -2.11. The highest BCUT2D eigenvalue weighted by Gasteiger charge is 2.06. The molecule has 2 aromatic rings. The molecule has 102 valence electrons. The smallest absolute Gasteiger partial charge is 0.219 e. The number of nitriles is 1. The van der Waals surface area contributed by atoms with Crippen molar-refractivity contribution in [2.24, 2.45) is 0 Å². The standard InChI is InChI=1S/C16H17N3O/c1-11-4-5-13(9-17)8-15(11)20-16-7-6-14(10-19-16)12(2)18-3/h4-8,10,12,18H,1-3H3. The third kappa shape index (κ3) is 3.14. The average Bonchev–Trinajstić information content (AvgIpc) is 2.49. The van der Waals surface area contributed by atoms with E-state index in [1.54, 1.807) is 18.3 Å². The summed E-state index contributed by atoms with van der Waals surface area (Å²) >= 11 is 0. The van der Waals surface area contributed by atoms with Crippen LogP contribution in [0.3, 0.4) is 0 Å². The summed E-state index contributed by atoms with van der Waals surface area (Å²) in [6.07, 6.45) is 1.79. The van der Waals surface area contributed by atoms with Crippen molar-refractivity contribution in [3.63, 3.8) is 0 Å². The summed E-state index contributed by atoms with van der Waals surface area (Å²) in [5.41, 5.74) is 2.65. The fourth-order valence-electron chi connectivity index (χ4n) is 1.77. The predicted octanol–water partition coefficient (Wildman–Crippen LogP) is 3.33. The molecule has 20 heavy (non-hydrogen) atoms. The zero-order valence-electron chi connectivity index (χ0n) is 11.8. The number of nitrogens with one attached hydrogen (secondary N) is 1. The highest BCUT2D eigenvalue weighted by Crippen LogP contribution is 2.25. The number of benzene rings is 1. The average molecular weight is 267 g/mol. The van der Waals surface area contributed by atoms with Gasteiger partial charge in [0.1, 0.15) is 5.75 Å². The van der Waals surface area contributed by atoms with E-state index in [0.29, 0.717) is 17.2 Å². The van der Waals surface area contributed by atoms with Gasteiger partial charge in [-0.05, 0) is 44.2 Å². The summed E-state index contributed by atoms with van der Waals surface area (Å²) in [5, 5.41) is 12.1. The molecule has 0 fully saturated rings. The highest BCUT2D eigenvalue weighted by molar-refractivity contribution is 5.43. The Morgan fingerprint density at radius 3 is 2.70 bits per heavy atom. The van der Waals surface area contributed by atoms with Crippen LogP contribution in [0.1, 0.15) is 29.7 Å². The van der Waals surface area contributed by atoms with Crippen molar-refractivity contribution in [2.75, 3.05) is 7.05 Å². The summed E-state index contributed by atoms with van der Waals surface area (Å²) in [6.45, 7) is 4.01. The molecular weight excluding hydrogens is 250 g/mol. The van der Waals surface area contributed by atoms with Gasteiger partial charge in [0, 0.05) is 18.3 Å². The van der Waals surface area contributed by atoms with Crippen molar-refractivity contribution < 1.29 is 4.74 Å². The molecule has 0 radical (unpaired) electrons. The maximum atomic E-state index is 8.92. The third-order valence-electron chi connectivity index (χ3n) is 3.22. The Kier molecular flexibility index (Phi) is 4.34. The van der Waals surface area contributed by atoms with Crippen LogP contribution in [0, 0.1) is 18.3 Å². The van der Waals surface area contributed by atoms with E-state index < -0.39 is 0 Å². The van der Waals surface area contributed by atoms with E-state index in [1.165, 1.54) is 0 Å². The normalized spacial score (nSPS) is 11.7. The van der Waals surface area contributed by atoms with Crippen LogP contribution in [0.15, 0.2) is 36.5 Å². The van der Waals surface area contributed by atoms with E-state index >= 15 is 0 Å². The Morgan fingerprint density at radius 1 is 1.30 bits per heavy atom. The van der Waals surface area contributed by atoms with Crippen molar-refractivity contribution in [1.82, 2.24) is 10.3 Å². The van der Waals surface area contributed by atoms with Crippen LogP contribution < -0.4 is 10.1 Å². The molecule has 0 saturated carbocycles. The quantitative estimate of drug-likeness (QED) is 0.923. The Hall–Kier alpha value is -2.38. The van der Waals surface area contributed by atoms with Crippen molar-refractivity contribution >= 4 is 0 Å². The molecule has 1 aromatic carbocycles. The Labute approximate surface area is 119 Å². The molecule has 1 unspecified atom stereocenters. The van der Waals surface area contributed by atoms with E-state index in [0.717, 1.165) is 11.1 Å². The first-order valence-electron chi connectivity index (χ1n) is 6.46. The van der Waals surface area contributed by atoms with Crippen LogP contribution in [0.25, 0.3) is 0 Å². The second kappa shape index (κ2) is 6.18. The number of rotatable bonds is 4. The number of nitrogens with zero attached hydrogens (tertiary/aromatic N) is 2. The molecule has 0 amide bonds. The number of pyridine rings is 1. The van der Waals surface area contributed by atoms with Crippen LogP contribution in [-0.4, -0.2) is 12.0 Å². The van der Waals surface area contributed by atoms with E-state index in [-0.39, 0.29) is 6.04 Å². The first kappa shape index (κ1) is 14.0. The van der Waals surface area contributed by atoms with Gasteiger partial charge in [0.25, 0.3) is 0 Å². The third-order valence-corrected chi connectivity index (χ3v) is 3.22. The number of ether oxygens (including phenoxy) is 1. The lowest BCUT2D eigenvalue weighted by molar-refractivity contribution is 0.458. The van der Waals surface area contributed by atoms with Gasteiger partial charge >= 0.3 is 0 Å². The van der Waals surface area contributed by atoms with Crippen LogP contribution in [0.5, 0.6) is 11.6 Å². The van der Waals surface area contributed by atoms with Crippen LogP contribution in [-0.2, 0) is 0 Å². The first-order valence-corrected chi connectivity index (χ1v) is 6.46. The van der Waals surface area contributed by atoms with Gasteiger partial charge < -0.3 is 10.1 Å². The molecule has 0 saturated heterocycles. The fraction of sp³-hybridized carbons (Fsp3) is 0.250. The summed E-state index contributed by atoms with van der Waals surface area (Å²) in [4.78, 5) is 4.29. The fourth-order valence-corrected chi connectivity index (χ4v) is 1.77. The van der Waals surface area contributed by atoms with Crippen LogP contribution in [0.2, 0.25) is 0 Å². The van der Waals surface area contributed by atoms with Gasteiger partial charge in [-0.25, -0.2) is 4.98 Å². The van der Waals surface area contributed by atoms with Crippen molar-refractivity contribution in [3.8, 4) is 17.7 Å². The molecule has 0 aliphatic heterocycles. The number of aryl methyl sites for hydroxylation is 1. The highest BCUT2D eigenvalue weighted by atomic mass is 16.5. The molecule has 1 atom stereocenters. The van der Waals surface area contributed by atoms with Crippen molar-refractivity contribution in [1.29, 1.82) is 5.26 Å². The summed E-state index contributed by atoms with van der Waals surface area (Å²) in [5.74, 6) is 1.18. The largest absolute Gasteiger partial charge is 0.439 e. The number of hydrogen-bond acceptors (Lipinski definition) is 4. The Morgan fingerprint density at radius 2 is 2.10 bits per heavy atom. The molecule has 1 heterocycles. The van der Waals surface area contributed by atoms with Crippen LogP contribution >= 0.6 is 0 Å². The van der Waals surface area contributed by atoms with Crippen molar-refractivity contribution in [3.05, 3.63) is 53.2 Å². The maximum Gasteiger partial charge on any atom is 0.219 e. The molecule has 4 heteroatoms. The first-order chi connectivity index (χ1) is 9.63. The zero-order valence-corrected chi connectivity index (χ0v) is 11.8. The SMILES string of the molecule is CNC(C)c1ccc(Oc2cc(C#N)ccc2C)nc1. The van der Waals surface area contributed by atoms with E-state index in [9.17, 15) is 0 Å². The van der Waals surface area contributed by atoms with Gasteiger partial charge in [-0.2, -0.15) is 5.26 Å². The van der Waals surface area contributed by atoms with Gasteiger partial charge in [0.05, 0.1) is 11.6 Å². The van der Waals surface area contributed by atoms with Gasteiger partial charge in [0.15, 0.2) is 0 Å². The van der Waals surface area contributed by atoms with Gasteiger partial charge in [-0.15, -0.1) is 0 Å². The maximum absolute atomic E-state index is 8.92. The second-order valence-corrected chi connectivity index (χ2v) is 4.63. The van der Waals surface area contributed by atoms with E-state index in [4.69, 9.17) is 10.00 Å². The minimum atomic E-state index is 0.250. The minimum Gasteiger partial charge on any atom is -0.439 e. The summed E-state index contributed by atoms with van der Waals surface area (Å²) in [7, 11) is 1.91. The lowest BCUT2D eigenvalue weighted by atomic mass is 10.1. The molecule has 1 aromatic heterocycles. The molecule has 0 bridgehead atoms. The predicted molar refractivity (Wildman–Crippen MR) is 77.7 cm³/mol. The summed E-state index contributed by atoms with van der Waals surface area (Å²) in [6, 6.07) is 11.5. The Balaban J connectivity index is 2.20. The molecule has 0 aliphatic carbocycles. The summed E-state index contributed by atoms with van der Waals surface area (Å²) < 4.78 is 5.74. The zero-order chi connectivity index (χ0) is 14.5. The second-order valence-electron chi connectivity index (χ2n) is 4.63. The van der Waals surface area contributed by atoms with E-state index in [1.807, 2.05) is 32.2 Å². The molecular formula is C16H17N3O. The number of hydrogen-bond donors (Lipinski definition) is 1. The lowest BCUT2D eigenvalue weighted by Crippen LogP contribution is -2.12. The number of aromatic nitrogens is 1. The van der Waals surface area contributed by atoms with Crippen LogP contribution in [0.4, 0.5) is 0 Å². The van der Waals surface area contributed by atoms with Crippen molar-refractivity contribution in [2.45, 2.75) is 19.9 Å². The molecule has 1 N–H and O–H groups in total. The van der Waals surface area contributed by atoms with E-state index in [2.05, 4.69) is 23.3 Å².